The van der Waals surface area contributed by atoms with Crippen LogP contribution in [-0.2, 0) is 6.61 Å². The Morgan fingerprint density at radius 2 is 2.23 bits per heavy atom. The van der Waals surface area contributed by atoms with Crippen LogP contribution in [0, 0.1) is 17.0 Å². The number of nitro groups is 1. The molecule has 3 aromatic heterocycles. The summed E-state index contributed by atoms with van der Waals surface area (Å²) in [5.74, 6) is 0.424. The summed E-state index contributed by atoms with van der Waals surface area (Å²) in [5.41, 5.74) is 0.539. The fraction of sp³-hybridized carbons (Fsp3) is 0.154. The van der Waals surface area contributed by atoms with Crippen molar-refractivity contribution in [2.24, 2.45) is 0 Å². The Morgan fingerprint density at radius 1 is 1.36 bits per heavy atom. The molecular formula is C13H10N4O4S. The lowest BCUT2D eigenvalue weighted by Gasteiger charge is -2.03. The van der Waals surface area contributed by atoms with Crippen molar-refractivity contribution < 1.29 is 14.2 Å². The quantitative estimate of drug-likeness (QED) is 0.526. The Balaban J connectivity index is 1.74. The van der Waals surface area contributed by atoms with E-state index in [1.54, 1.807) is 13.0 Å². The summed E-state index contributed by atoms with van der Waals surface area (Å²) in [6.45, 7) is 1.60. The van der Waals surface area contributed by atoms with Gasteiger partial charge in [-0.05, 0) is 33.5 Å². The maximum Gasteiger partial charge on any atom is 0.406 e. The number of aromatic nitrogens is 3. The maximum absolute atomic E-state index is 11.0. The molecule has 0 aliphatic carbocycles. The minimum atomic E-state index is -0.590. The van der Waals surface area contributed by atoms with Gasteiger partial charge >= 0.3 is 5.82 Å². The van der Waals surface area contributed by atoms with E-state index in [2.05, 4.69) is 15.1 Å². The number of ether oxygens (including phenoxy) is 1. The molecular weight excluding hydrogens is 308 g/mol. The van der Waals surface area contributed by atoms with Crippen LogP contribution in [-0.4, -0.2) is 20.0 Å². The zero-order chi connectivity index (χ0) is 15.5. The molecule has 0 aliphatic rings. The molecule has 0 saturated carbocycles. The average Bonchev–Trinajstić information content (AvgIpc) is 3.16. The molecule has 0 aliphatic heterocycles. The molecule has 0 fully saturated rings. The number of aryl methyl sites for hydroxylation is 1. The molecule has 0 atom stereocenters. The fourth-order valence-electron chi connectivity index (χ4n) is 1.73. The second-order valence-corrected chi connectivity index (χ2v) is 5.26. The smallest absolute Gasteiger partial charge is 0.406 e. The summed E-state index contributed by atoms with van der Waals surface area (Å²) in [6.07, 6.45) is 0. The van der Waals surface area contributed by atoms with Gasteiger partial charge in [-0.2, -0.15) is 4.98 Å². The Labute approximate surface area is 128 Å². The van der Waals surface area contributed by atoms with Gasteiger partial charge in [0.25, 0.3) is 5.89 Å². The molecule has 112 valence electrons. The topological polar surface area (TPSA) is 104 Å². The molecule has 3 heterocycles. The van der Waals surface area contributed by atoms with Crippen molar-refractivity contribution in [3.63, 3.8) is 0 Å². The molecule has 0 amide bonds. The van der Waals surface area contributed by atoms with Crippen molar-refractivity contribution in [2.45, 2.75) is 13.5 Å². The summed E-state index contributed by atoms with van der Waals surface area (Å²) in [7, 11) is 0. The van der Waals surface area contributed by atoms with Gasteiger partial charge in [0.1, 0.15) is 5.69 Å². The van der Waals surface area contributed by atoms with Gasteiger partial charge in [-0.25, -0.2) is 0 Å². The Morgan fingerprint density at radius 3 is 2.95 bits per heavy atom. The molecule has 0 spiro atoms. The molecule has 8 nitrogen and oxygen atoms in total. The summed E-state index contributed by atoms with van der Waals surface area (Å²) in [6, 6.07) is 6.88. The van der Waals surface area contributed by atoms with Crippen molar-refractivity contribution in [3.8, 4) is 16.5 Å². The van der Waals surface area contributed by atoms with Crippen LogP contribution in [0.3, 0.4) is 0 Å². The van der Waals surface area contributed by atoms with Crippen LogP contribution >= 0.6 is 11.3 Å². The van der Waals surface area contributed by atoms with E-state index >= 15 is 0 Å². The minimum Gasteiger partial charge on any atom is -0.476 e. The van der Waals surface area contributed by atoms with Gasteiger partial charge in [0.15, 0.2) is 6.61 Å². The van der Waals surface area contributed by atoms with Gasteiger partial charge < -0.3 is 19.4 Å². The first kappa shape index (κ1) is 14.1. The van der Waals surface area contributed by atoms with Gasteiger partial charge in [-0.3, -0.25) is 0 Å². The third-order valence-electron chi connectivity index (χ3n) is 2.71. The van der Waals surface area contributed by atoms with Crippen LogP contribution in [0.4, 0.5) is 5.82 Å². The molecule has 9 heteroatoms. The number of hydrogen-bond acceptors (Lipinski definition) is 8. The molecule has 22 heavy (non-hydrogen) atoms. The first-order valence-corrected chi connectivity index (χ1v) is 7.13. The molecule has 0 bridgehead atoms. The first-order valence-electron chi connectivity index (χ1n) is 6.25. The van der Waals surface area contributed by atoms with E-state index in [1.165, 1.54) is 17.4 Å². The number of hydrogen-bond donors (Lipinski definition) is 0. The van der Waals surface area contributed by atoms with Crippen LogP contribution in [0.25, 0.3) is 10.7 Å². The highest BCUT2D eigenvalue weighted by Crippen LogP contribution is 2.26. The predicted octanol–water partition coefficient (Wildman–Crippen LogP) is 2.99. The van der Waals surface area contributed by atoms with E-state index in [1.807, 2.05) is 17.5 Å². The monoisotopic (exact) mass is 318 g/mol. The van der Waals surface area contributed by atoms with Crippen molar-refractivity contribution >= 4 is 17.2 Å². The van der Waals surface area contributed by atoms with Crippen molar-refractivity contribution in [1.82, 2.24) is 15.1 Å². The van der Waals surface area contributed by atoms with E-state index in [0.717, 1.165) is 4.88 Å². The molecule has 0 saturated heterocycles. The molecule has 0 unspecified atom stereocenters. The van der Waals surface area contributed by atoms with E-state index in [-0.39, 0.29) is 24.1 Å². The van der Waals surface area contributed by atoms with Gasteiger partial charge in [-0.1, -0.05) is 11.2 Å². The number of pyridine rings is 1. The first-order chi connectivity index (χ1) is 10.6. The summed E-state index contributed by atoms with van der Waals surface area (Å²) in [5, 5.41) is 16.7. The Kier molecular flexibility index (Phi) is 3.79. The van der Waals surface area contributed by atoms with E-state index < -0.39 is 4.92 Å². The Bertz CT molecular complexity index is 800. The van der Waals surface area contributed by atoms with Crippen molar-refractivity contribution in [3.05, 3.63) is 51.3 Å². The minimum absolute atomic E-state index is 0.0615. The van der Waals surface area contributed by atoms with Crippen LogP contribution in [0.15, 0.2) is 34.2 Å². The number of nitrogens with zero attached hydrogens (tertiary/aromatic N) is 4. The summed E-state index contributed by atoms with van der Waals surface area (Å²) >= 11 is 1.49. The normalized spacial score (nSPS) is 10.6. The highest BCUT2D eigenvalue weighted by molar-refractivity contribution is 7.13. The van der Waals surface area contributed by atoms with E-state index in [0.29, 0.717) is 11.5 Å². The lowest BCUT2D eigenvalue weighted by molar-refractivity contribution is -0.390. The van der Waals surface area contributed by atoms with Crippen molar-refractivity contribution in [2.75, 3.05) is 0 Å². The second-order valence-electron chi connectivity index (χ2n) is 4.31. The zero-order valence-corrected chi connectivity index (χ0v) is 12.2. The lowest BCUT2D eigenvalue weighted by atomic mass is 10.3. The van der Waals surface area contributed by atoms with E-state index in [9.17, 15) is 10.1 Å². The van der Waals surface area contributed by atoms with Crippen LogP contribution < -0.4 is 4.74 Å². The second kappa shape index (κ2) is 5.90. The molecule has 0 radical (unpaired) electrons. The largest absolute Gasteiger partial charge is 0.476 e. The van der Waals surface area contributed by atoms with Gasteiger partial charge in [0, 0.05) is 6.92 Å². The molecule has 0 N–H and O–H groups in total. The number of thiophene rings is 1. The fourth-order valence-corrected chi connectivity index (χ4v) is 2.38. The van der Waals surface area contributed by atoms with Gasteiger partial charge in [0.05, 0.1) is 4.88 Å². The summed E-state index contributed by atoms with van der Waals surface area (Å²) in [4.78, 5) is 19.3. The third-order valence-corrected chi connectivity index (χ3v) is 3.58. The Hall–Kier alpha value is -2.81. The highest BCUT2D eigenvalue weighted by atomic mass is 32.1. The van der Waals surface area contributed by atoms with Crippen molar-refractivity contribution in [1.29, 1.82) is 0 Å². The number of rotatable bonds is 5. The molecule has 0 aromatic carbocycles. The predicted molar refractivity (Wildman–Crippen MR) is 77.6 cm³/mol. The zero-order valence-electron chi connectivity index (χ0n) is 11.4. The van der Waals surface area contributed by atoms with Crippen LogP contribution in [0.1, 0.15) is 11.6 Å². The van der Waals surface area contributed by atoms with Gasteiger partial charge in [-0.15, -0.1) is 11.3 Å². The van der Waals surface area contributed by atoms with Gasteiger partial charge in [0.2, 0.25) is 11.6 Å². The molecule has 3 aromatic rings. The lowest BCUT2D eigenvalue weighted by Crippen LogP contribution is -2.02. The average molecular weight is 318 g/mol. The third kappa shape index (κ3) is 2.93. The summed E-state index contributed by atoms with van der Waals surface area (Å²) < 4.78 is 10.4. The molecule has 3 rings (SSSR count). The van der Waals surface area contributed by atoms with Crippen LogP contribution in [0.5, 0.6) is 5.75 Å². The highest BCUT2D eigenvalue weighted by Gasteiger charge is 2.19. The van der Waals surface area contributed by atoms with E-state index in [4.69, 9.17) is 9.26 Å². The SMILES string of the molecule is Cc1ccc(OCc2nc(-c3cccs3)no2)c([N+](=O)[O-])n1. The standard InChI is InChI=1S/C13H10N4O4S/c1-8-4-5-9(13(14-8)17(18)19)20-7-11-15-12(16-21-11)10-3-2-6-22-10/h2-6H,7H2,1H3. The van der Waals surface area contributed by atoms with Crippen LogP contribution in [0.2, 0.25) is 0 Å². The maximum atomic E-state index is 11.0.